The Morgan fingerprint density at radius 2 is 2.36 bits per heavy atom. The molecule has 0 aromatic carbocycles. The van der Waals surface area contributed by atoms with Crippen LogP contribution in [0.2, 0.25) is 0 Å². The summed E-state index contributed by atoms with van der Waals surface area (Å²) in [7, 11) is 0. The van der Waals surface area contributed by atoms with Crippen LogP contribution in [0.3, 0.4) is 0 Å². The van der Waals surface area contributed by atoms with E-state index in [1.807, 2.05) is 0 Å². The molecule has 0 spiro atoms. The molecule has 0 atom stereocenters. The molecule has 1 aliphatic rings. The van der Waals surface area contributed by atoms with Crippen LogP contribution in [0.15, 0.2) is 12.3 Å². The highest BCUT2D eigenvalue weighted by Crippen LogP contribution is 2.38. The summed E-state index contributed by atoms with van der Waals surface area (Å²) in [5.41, 5.74) is 7.68. The van der Waals surface area contributed by atoms with E-state index in [4.69, 9.17) is 5.73 Å². The first kappa shape index (κ1) is 6.73. The molecule has 0 aliphatic heterocycles. The van der Waals surface area contributed by atoms with Crippen molar-refractivity contribution in [2.75, 3.05) is 0 Å². The largest absolute Gasteiger partial charge is 0.326 e. The normalized spacial score (nSPS) is 16.8. The fourth-order valence-electron chi connectivity index (χ4n) is 1.12. The second-order valence-corrected chi connectivity index (χ2v) is 2.97. The lowest BCUT2D eigenvalue weighted by atomic mass is 10.2. The molecule has 58 valence electrons. The maximum Gasteiger partial charge on any atom is 0.0665 e. The van der Waals surface area contributed by atoms with E-state index in [1.54, 1.807) is 6.20 Å². The van der Waals surface area contributed by atoms with Crippen LogP contribution in [-0.2, 0) is 6.54 Å². The molecular weight excluding hydrogens is 138 g/mol. The summed E-state index contributed by atoms with van der Waals surface area (Å²) < 4.78 is 0. The third-order valence-corrected chi connectivity index (χ3v) is 1.96. The summed E-state index contributed by atoms with van der Waals surface area (Å²) in [4.78, 5) is 0. The molecule has 1 aromatic heterocycles. The molecule has 0 saturated heterocycles. The van der Waals surface area contributed by atoms with Crippen LogP contribution >= 0.6 is 0 Å². The monoisotopic (exact) mass is 149 g/mol. The summed E-state index contributed by atoms with van der Waals surface area (Å²) in [6, 6.07) is 2.06. The average Bonchev–Trinajstić information content (AvgIpc) is 2.87. The van der Waals surface area contributed by atoms with Gasteiger partial charge in [-0.2, -0.15) is 10.2 Å². The lowest BCUT2D eigenvalue weighted by Crippen LogP contribution is -2.00. The minimum absolute atomic E-state index is 0.565. The zero-order valence-corrected chi connectivity index (χ0v) is 6.33. The summed E-state index contributed by atoms with van der Waals surface area (Å²) in [5, 5.41) is 7.93. The maximum atomic E-state index is 5.47. The minimum atomic E-state index is 0.565. The summed E-state index contributed by atoms with van der Waals surface area (Å²) in [6.07, 6.45) is 4.26. The van der Waals surface area contributed by atoms with Crippen LogP contribution in [0.25, 0.3) is 0 Å². The SMILES string of the molecule is NCc1cnnc(C2CC2)c1. The van der Waals surface area contributed by atoms with Gasteiger partial charge in [0, 0.05) is 12.5 Å². The zero-order chi connectivity index (χ0) is 7.68. The summed E-state index contributed by atoms with van der Waals surface area (Å²) >= 11 is 0. The van der Waals surface area contributed by atoms with Gasteiger partial charge in [-0.25, -0.2) is 0 Å². The standard InChI is InChI=1S/C8H11N3/c9-4-6-3-8(7-1-2-7)11-10-5-6/h3,5,7H,1-2,4,9H2. The molecule has 0 bridgehead atoms. The van der Waals surface area contributed by atoms with Gasteiger partial charge >= 0.3 is 0 Å². The lowest BCUT2D eigenvalue weighted by molar-refractivity contribution is 0.881. The van der Waals surface area contributed by atoms with Crippen molar-refractivity contribution >= 4 is 0 Å². The van der Waals surface area contributed by atoms with Gasteiger partial charge in [0.25, 0.3) is 0 Å². The Morgan fingerprint density at radius 3 is 3.00 bits per heavy atom. The Morgan fingerprint density at radius 1 is 1.55 bits per heavy atom. The minimum Gasteiger partial charge on any atom is -0.326 e. The van der Waals surface area contributed by atoms with Crippen LogP contribution in [0, 0.1) is 0 Å². The molecule has 1 fully saturated rings. The molecule has 1 aromatic rings. The Labute approximate surface area is 65.6 Å². The van der Waals surface area contributed by atoms with Gasteiger partial charge in [-0.15, -0.1) is 0 Å². The van der Waals surface area contributed by atoms with Gasteiger partial charge in [0.15, 0.2) is 0 Å². The highest BCUT2D eigenvalue weighted by molar-refractivity contribution is 5.18. The van der Waals surface area contributed by atoms with Gasteiger partial charge in [-0.1, -0.05) is 0 Å². The van der Waals surface area contributed by atoms with Crippen molar-refractivity contribution in [3.05, 3.63) is 23.5 Å². The van der Waals surface area contributed by atoms with E-state index in [9.17, 15) is 0 Å². The highest BCUT2D eigenvalue weighted by Gasteiger charge is 2.25. The van der Waals surface area contributed by atoms with Crippen LogP contribution in [-0.4, -0.2) is 10.2 Å². The van der Waals surface area contributed by atoms with E-state index >= 15 is 0 Å². The highest BCUT2D eigenvalue weighted by atomic mass is 15.1. The van der Waals surface area contributed by atoms with E-state index in [1.165, 1.54) is 12.8 Å². The number of hydrogen-bond acceptors (Lipinski definition) is 3. The first-order chi connectivity index (χ1) is 5.40. The second kappa shape index (κ2) is 2.58. The smallest absolute Gasteiger partial charge is 0.0665 e. The Bertz CT molecular complexity index is 255. The van der Waals surface area contributed by atoms with Gasteiger partial charge in [-0.3, -0.25) is 0 Å². The number of nitrogens with zero attached hydrogens (tertiary/aromatic N) is 2. The zero-order valence-electron chi connectivity index (χ0n) is 6.33. The fourth-order valence-corrected chi connectivity index (χ4v) is 1.12. The summed E-state index contributed by atoms with van der Waals surface area (Å²) in [5.74, 6) is 0.675. The van der Waals surface area contributed by atoms with Crippen LogP contribution in [0.4, 0.5) is 0 Å². The number of rotatable bonds is 2. The molecule has 1 heterocycles. The van der Waals surface area contributed by atoms with Crippen LogP contribution in [0.1, 0.15) is 30.0 Å². The quantitative estimate of drug-likeness (QED) is 0.677. The Kier molecular flexibility index (Phi) is 1.58. The second-order valence-electron chi connectivity index (χ2n) is 2.97. The van der Waals surface area contributed by atoms with Crippen LogP contribution in [0.5, 0.6) is 0 Å². The molecule has 2 N–H and O–H groups in total. The molecule has 11 heavy (non-hydrogen) atoms. The van der Waals surface area contributed by atoms with Gasteiger partial charge in [0.2, 0.25) is 0 Å². The van der Waals surface area contributed by atoms with Crippen molar-refractivity contribution in [2.24, 2.45) is 5.73 Å². The maximum absolute atomic E-state index is 5.47. The predicted molar refractivity (Wildman–Crippen MR) is 41.9 cm³/mol. The van der Waals surface area contributed by atoms with E-state index in [-0.39, 0.29) is 0 Å². The van der Waals surface area contributed by atoms with Crippen LogP contribution < -0.4 is 5.73 Å². The average molecular weight is 149 g/mol. The van der Waals surface area contributed by atoms with E-state index < -0.39 is 0 Å². The molecule has 0 unspecified atom stereocenters. The first-order valence-electron chi connectivity index (χ1n) is 3.91. The molecule has 0 radical (unpaired) electrons. The molecule has 2 rings (SSSR count). The molecular formula is C8H11N3. The molecule has 1 aliphatic carbocycles. The van der Waals surface area contributed by atoms with Gasteiger partial charge in [0.05, 0.1) is 11.9 Å². The number of aromatic nitrogens is 2. The van der Waals surface area contributed by atoms with E-state index in [0.29, 0.717) is 12.5 Å². The Balaban J connectivity index is 2.26. The van der Waals surface area contributed by atoms with Crippen molar-refractivity contribution in [1.82, 2.24) is 10.2 Å². The van der Waals surface area contributed by atoms with E-state index in [0.717, 1.165) is 11.3 Å². The van der Waals surface area contributed by atoms with Gasteiger partial charge < -0.3 is 5.73 Å². The van der Waals surface area contributed by atoms with Crippen molar-refractivity contribution in [3.8, 4) is 0 Å². The third kappa shape index (κ3) is 1.38. The topological polar surface area (TPSA) is 51.8 Å². The number of nitrogens with two attached hydrogens (primary N) is 1. The molecule has 1 saturated carbocycles. The van der Waals surface area contributed by atoms with Crippen molar-refractivity contribution in [1.29, 1.82) is 0 Å². The molecule has 3 nitrogen and oxygen atoms in total. The summed E-state index contributed by atoms with van der Waals surface area (Å²) in [6.45, 7) is 0.565. The number of hydrogen-bond donors (Lipinski definition) is 1. The third-order valence-electron chi connectivity index (χ3n) is 1.96. The Hall–Kier alpha value is -0.960. The van der Waals surface area contributed by atoms with Crippen molar-refractivity contribution < 1.29 is 0 Å². The predicted octanol–water partition coefficient (Wildman–Crippen LogP) is 0.813. The molecule has 3 heteroatoms. The van der Waals surface area contributed by atoms with Crippen molar-refractivity contribution in [2.45, 2.75) is 25.3 Å². The molecule has 0 amide bonds. The van der Waals surface area contributed by atoms with Gasteiger partial charge in [0.1, 0.15) is 0 Å². The lowest BCUT2D eigenvalue weighted by Gasteiger charge is -1.97. The fraction of sp³-hybridized carbons (Fsp3) is 0.500. The van der Waals surface area contributed by atoms with Gasteiger partial charge in [-0.05, 0) is 24.5 Å². The van der Waals surface area contributed by atoms with E-state index in [2.05, 4.69) is 16.3 Å². The van der Waals surface area contributed by atoms with Crippen molar-refractivity contribution in [3.63, 3.8) is 0 Å². The first-order valence-corrected chi connectivity index (χ1v) is 3.91.